The number of terminal acetylenes is 1. The molecule has 0 aliphatic carbocycles. The number of hydrogen-bond donors (Lipinski definition) is 0. The lowest BCUT2D eigenvalue weighted by Crippen LogP contribution is -2.29. The van der Waals surface area contributed by atoms with Crippen LogP contribution in [0.5, 0.6) is 0 Å². The van der Waals surface area contributed by atoms with Crippen molar-refractivity contribution in [1.29, 1.82) is 5.26 Å². The summed E-state index contributed by atoms with van der Waals surface area (Å²) in [5, 5.41) is 8.85. The monoisotopic (exact) mass is 149 g/mol. The zero-order valence-corrected chi connectivity index (χ0v) is 6.47. The van der Waals surface area contributed by atoms with Gasteiger partial charge in [0.05, 0.1) is 18.1 Å². The van der Waals surface area contributed by atoms with Crippen molar-refractivity contribution in [2.75, 3.05) is 13.2 Å². The quantitative estimate of drug-likeness (QED) is 0.527. The Morgan fingerprint density at radius 1 is 1.64 bits per heavy atom. The summed E-state index contributed by atoms with van der Waals surface area (Å²) in [5.41, 5.74) is -0.382. The van der Waals surface area contributed by atoms with Crippen LogP contribution in [-0.2, 0) is 4.74 Å². The summed E-state index contributed by atoms with van der Waals surface area (Å²) in [6, 6.07) is 2.25. The molecule has 1 heterocycles. The molecular formula is C9H11NO. The molecule has 0 saturated carbocycles. The standard InChI is InChI=1S/C9H11NO/c1-2-4-9(7-10)5-3-6-11-8-9/h1H,3-6,8H2. The summed E-state index contributed by atoms with van der Waals surface area (Å²) in [7, 11) is 0. The number of hydrogen-bond acceptors (Lipinski definition) is 2. The Bertz CT molecular complexity index is 203. The summed E-state index contributed by atoms with van der Waals surface area (Å²) < 4.78 is 5.21. The molecule has 1 rings (SSSR count). The Labute approximate surface area is 67.2 Å². The van der Waals surface area contributed by atoms with Crippen molar-refractivity contribution in [2.45, 2.75) is 19.3 Å². The van der Waals surface area contributed by atoms with Crippen LogP contribution in [0.4, 0.5) is 0 Å². The molecule has 2 nitrogen and oxygen atoms in total. The summed E-state index contributed by atoms with van der Waals surface area (Å²) in [5.74, 6) is 2.53. The minimum Gasteiger partial charge on any atom is -0.380 e. The lowest BCUT2D eigenvalue weighted by Gasteiger charge is -2.28. The van der Waals surface area contributed by atoms with E-state index in [1.807, 2.05) is 0 Å². The lowest BCUT2D eigenvalue weighted by molar-refractivity contribution is 0.0246. The van der Waals surface area contributed by atoms with Gasteiger partial charge in [0.25, 0.3) is 0 Å². The molecule has 1 aliphatic heterocycles. The van der Waals surface area contributed by atoms with Crippen molar-refractivity contribution in [3.05, 3.63) is 0 Å². The molecule has 1 atom stereocenters. The summed E-state index contributed by atoms with van der Waals surface area (Å²) in [6.07, 6.45) is 7.52. The highest BCUT2D eigenvalue weighted by atomic mass is 16.5. The van der Waals surface area contributed by atoms with E-state index in [0.29, 0.717) is 13.0 Å². The second kappa shape index (κ2) is 3.42. The van der Waals surface area contributed by atoms with Crippen molar-refractivity contribution >= 4 is 0 Å². The molecule has 0 bridgehead atoms. The minimum absolute atomic E-state index is 0.382. The fraction of sp³-hybridized carbons (Fsp3) is 0.667. The maximum Gasteiger partial charge on any atom is 0.0916 e. The van der Waals surface area contributed by atoms with Gasteiger partial charge in [-0.2, -0.15) is 5.26 Å². The number of ether oxygens (including phenoxy) is 1. The van der Waals surface area contributed by atoms with Crippen LogP contribution in [0.1, 0.15) is 19.3 Å². The molecule has 0 amide bonds. The molecule has 0 radical (unpaired) electrons. The third kappa shape index (κ3) is 1.73. The van der Waals surface area contributed by atoms with E-state index in [2.05, 4.69) is 12.0 Å². The molecule has 0 aromatic heterocycles. The predicted octanol–water partition coefficient (Wildman–Crippen LogP) is 1.33. The van der Waals surface area contributed by atoms with Gasteiger partial charge >= 0.3 is 0 Å². The molecular weight excluding hydrogens is 138 g/mol. The highest BCUT2D eigenvalue weighted by molar-refractivity contribution is 5.07. The van der Waals surface area contributed by atoms with Gasteiger partial charge in [0, 0.05) is 13.0 Å². The first-order valence-corrected chi connectivity index (χ1v) is 3.75. The fourth-order valence-electron chi connectivity index (χ4n) is 1.31. The van der Waals surface area contributed by atoms with E-state index in [1.54, 1.807) is 0 Å². The van der Waals surface area contributed by atoms with E-state index < -0.39 is 0 Å². The van der Waals surface area contributed by atoms with Crippen LogP contribution in [0.3, 0.4) is 0 Å². The number of rotatable bonds is 1. The summed E-state index contributed by atoms with van der Waals surface area (Å²) in [6.45, 7) is 1.28. The molecule has 0 N–H and O–H groups in total. The van der Waals surface area contributed by atoms with Crippen molar-refractivity contribution in [2.24, 2.45) is 5.41 Å². The van der Waals surface area contributed by atoms with Crippen LogP contribution in [0.15, 0.2) is 0 Å². The van der Waals surface area contributed by atoms with Gasteiger partial charge in [0.2, 0.25) is 0 Å². The van der Waals surface area contributed by atoms with Gasteiger partial charge in [-0.05, 0) is 12.8 Å². The van der Waals surface area contributed by atoms with Gasteiger partial charge in [-0.3, -0.25) is 0 Å². The smallest absolute Gasteiger partial charge is 0.0916 e. The Morgan fingerprint density at radius 3 is 2.91 bits per heavy atom. The zero-order chi connectivity index (χ0) is 8.16. The summed E-state index contributed by atoms with van der Waals surface area (Å²) >= 11 is 0. The Balaban J connectivity index is 2.60. The van der Waals surface area contributed by atoms with Gasteiger partial charge in [0.15, 0.2) is 0 Å². The topological polar surface area (TPSA) is 33.0 Å². The molecule has 0 aromatic rings. The van der Waals surface area contributed by atoms with Crippen LogP contribution in [0.2, 0.25) is 0 Å². The van der Waals surface area contributed by atoms with Gasteiger partial charge in [-0.1, -0.05) is 0 Å². The van der Waals surface area contributed by atoms with Crippen LogP contribution in [0, 0.1) is 29.1 Å². The van der Waals surface area contributed by atoms with Gasteiger partial charge < -0.3 is 4.74 Å². The van der Waals surface area contributed by atoms with E-state index in [-0.39, 0.29) is 5.41 Å². The van der Waals surface area contributed by atoms with E-state index in [9.17, 15) is 0 Å². The summed E-state index contributed by atoms with van der Waals surface area (Å²) in [4.78, 5) is 0. The first-order valence-electron chi connectivity index (χ1n) is 3.75. The first kappa shape index (κ1) is 8.11. The number of nitrogens with zero attached hydrogens (tertiary/aromatic N) is 1. The molecule has 0 aromatic carbocycles. The highest BCUT2D eigenvalue weighted by Crippen LogP contribution is 2.30. The lowest BCUT2D eigenvalue weighted by atomic mass is 9.81. The molecule has 1 unspecified atom stereocenters. The Hall–Kier alpha value is -0.990. The van der Waals surface area contributed by atoms with E-state index in [0.717, 1.165) is 19.4 Å². The van der Waals surface area contributed by atoms with E-state index >= 15 is 0 Å². The fourth-order valence-corrected chi connectivity index (χ4v) is 1.31. The van der Waals surface area contributed by atoms with E-state index in [4.69, 9.17) is 16.4 Å². The van der Waals surface area contributed by atoms with Crippen LogP contribution in [-0.4, -0.2) is 13.2 Å². The normalized spacial score (nSPS) is 30.4. The van der Waals surface area contributed by atoms with E-state index in [1.165, 1.54) is 0 Å². The SMILES string of the molecule is C#CCC1(C#N)CCCOC1. The number of nitriles is 1. The predicted molar refractivity (Wildman–Crippen MR) is 41.5 cm³/mol. The average Bonchev–Trinajstić information content (AvgIpc) is 2.07. The molecule has 1 fully saturated rings. The van der Waals surface area contributed by atoms with Crippen molar-refractivity contribution in [3.8, 4) is 18.4 Å². The Kier molecular flexibility index (Phi) is 2.52. The van der Waals surface area contributed by atoms with Crippen molar-refractivity contribution in [1.82, 2.24) is 0 Å². The van der Waals surface area contributed by atoms with Gasteiger partial charge in [0.1, 0.15) is 0 Å². The molecule has 2 heteroatoms. The van der Waals surface area contributed by atoms with Gasteiger partial charge in [-0.15, -0.1) is 12.3 Å². The maximum atomic E-state index is 8.85. The second-order valence-corrected chi connectivity index (χ2v) is 2.93. The molecule has 58 valence electrons. The zero-order valence-electron chi connectivity index (χ0n) is 6.47. The molecule has 1 saturated heterocycles. The van der Waals surface area contributed by atoms with Crippen LogP contribution < -0.4 is 0 Å². The Morgan fingerprint density at radius 2 is 2.45 bits per heavy atom. The average molecular weight is 149 g/mol. The van der Waals surface area contributed by atoms with Crippen molar-refractivity contribution in [3.63, 3.8) is 0 Å². The largest absolute Gasteiger partial charge is 0.380 e. The highest BCUT2D eigenvalue weighted by Gasteiger charge is 2.31. The minimum atomic E-state index is -0.382. The molecule has 11 heavy (non-hydrogen) atoms. The second-order valence-electron chi connectivity index (χ2n) is 2.93. The van der Waals surface area contributed by atoms with Crippen LogP contribution >= 0.6 is 0 Å². The third-order valence-electron chi connectivity index (χ3n) is 2.00. The maximum absolute atomic E-state index is 8.85. The van der Waals surface area contributed by atoms with Crippen molar-refractivity contribution < 1.29 is 4.74 Å². The van der Waals surface area contributed by atoms with Gasteiger partial charge in [-0.25, -0.2) is 0 Å². The van der Waals surface area contributed by atoms with Crippen LogP contribution in [0.25, 0.3) is 0 Å². The third-order valence-corrected chi connectivity index (χ3v) is 2.00. The first-order chi connectivity index (χ1) is 5.33. The molecule has 0 spiro atoms. The molecule has 1 aliphatic rings.